The van der Waals surface area contributed by atoms with Gasteiger partial charge in [0, 0.05) is 10.8 Å². The summed E-state index contributed by atoms with van der Waals surface area (Å²) in [6, 6.07) is 41.8. The molecule has 9 rings (SSSR count). The molecule has 8 aromatic carbocycles. The van der Waals surface area contributed by atoms with Gasteiger partial charge in [-0.2, -0.15) is 0 Å². The molecule has 1 heteroatoms. The topological polar surface area (TPSA) is 13.1 Å². The van der Waals surface area contributed by atoms with E-state index < -0.39 is 6.04 Å². The molecule has 1 nitrogen and oxygen atoms in total. The number of para-hydroxylation sites is 1. The van der Waals surface area contributed by atoms with E-state index >= 15 is 0 Å². The first-order valence-electron chi connectivity index (χ1n) is 16.9. The Labute approximate surface area is 256 Å². The smallest absolute Gasteiger partial charge is 0.135 e. The summed E-state index contributed by atoms with van der Waals surface area (Å²) in [5.74, 6) is 0. The monoisotopic (exact) mass is 551 g/mol. The van der Waals surface area contributed by atoms with E-state index in [-0.39, 0.29) is 29.7 Å². The lowest BCUT2D eigenvalue weighted by molar-refractivity contribution is 0.669. The van der Waals surface area contributed by atoms with E-state index in [1.165, 1.54) is 0 Å². The van der Waals surface area contributed by atoms with Crippen LogP contribution in [0.1, 0.15) is 6.85 Å². The van der Waals surface area contributed by atoms with Crippen LogP contribution in [0.25, 0.3) is 87.6 Å². The van der Waals surface area contributed by atoms with Crippen molar-refractivity contribution in [1.82, 2.24) is 0 Å². The number of fused-ring (bicyclic) bond motifs is 6. The predicted molar refractivity (Wildman–Crippen MR) is 183 cm³/mol. The molecule has 0 aliphatic heterocycles. The van der Waals surface area contributed by atoms with Gasteiger partial charge in [-0.3, -0.25) is 0 Å². The van der Waals surface area contributed by atoms with Crippen molar-refractivity contribution < 1.29 is 11.3 Å². The van der Waals surface area contributed by atoms with Crippen LogP contribution in [0.2, 0.25) is 0 Å². The van der Waals surface area contributed by atoms with Crippen molar-refractivity contribution in [3.8, 4) is 33.4 Å². The second-order valence-corrected chi connectivity index (χ2v) is 10.9. The molecule has 0 atom stereocenters. The minimum absolute atomic E-state index is 0.208. The zero-order valence-electron chi connectivity index (χ0n) is 28.0. The van der Waals surface area contributed by atoms with Gasteiger partial charge in [-0.05, 0) is 96.0 Å². The van der Waals surface area contributed by atoms with E-state index in [4.69, 9.17) is 11.3 Å². The molecule has 0 N–H and O–H groups in total. The van der Waals surface area contributed by atoms with Crippen LogP contribution in [0.3, 0.4) is 0 Å². The predicted octanol–water partition coefficient (Wildman–Crippen LogP) is 12.0. The number of furan rings is 1. The van der Waals surface area contributed by atoms with Gasteiger partial charge in [0.2, 0.25) is 0 Å². The fourth-order valence-corrected chi connectivity index (χ4v) is 6.67. The molecule has 0 fully saturated rings. The molecule has 0 unspecified atom stereocenters. The molecule has 200 valence electrons. The molecule has 0 aliphatic rings. The first-order chi connectivity index (χ1) is 23.4. The van der Waals surface area contributed by atoms with Gasteiger partial charge in [0.1, 0.15) is 11.2 Å². The first-order valence-corrected chi connectivity index (χ1v) is 14.4. The molecule has 0 spiro atoms. The third-order valence-electron chi connectivity index (χ3n) is 8.52. The van der Waals surface area contributed by atoms with Gasteiger partial charge in [0.15, 0.2) is 0 Å². The number of rotatable bonds is 3. The SMILES string of the molecule is [2H]c1c([2H])c([2H])c(-c2c3ccccc3c(-c3cc(-c4ccc5oc6ccccc6c5c4)c4ccccc4c3)c3ccccc23)c([2H])c1[2H]. The van der Waals surface area contributed by atoms with E-state index in [0.29, 0.717) is 5.56 Å². The first kappa shape index (κ1) is 19.5. The van der Waals surface area contributed by atoms with Crippen molar-refractivity contribution in [3.05, 3.63) is 158 Å². The summed E-state index contributed by atoms with van der Waals surface area (Å²) in [6.45, 7) is 0. The lowest BCUT2D eigenvalue weighted by Gasteiger charge is -2.19. The van der Waals surface area contributed by atoms with E-state index in [9.17, 15) is 0 Å². The van der Waals surface area contributed by atoms with Crippen LogP contribution in [0.15, 0.2) is 162 Å². The Hall–Kier alpha value is -5.66. The number of benzene rings is 8. The van der Waals surface area contributed by atoms with Gasteiger partial charge in [-0.1, -0.05) is 127 Å². The second kappa shape index (κ2) is 9.44. The highest BCUT2D eigenvalue weighted by atomic mass is 16.3. The normalized spacial score (nSPS) is 13.3. The fraction of sp³-hybridized carbons (Fsp3) is 0. The lowest BCUT2D eigenvalue weighted by atomic mass is 9.84. The standard InChI is InChI=1S/C42H26O/c1-2-12-27(13-3-1)41-33-17-6-8-19-35(33)42(36-20-9-7-18-34(36)41)30-24-28-14-4-5-15-31(28)37(26-30)29-22-23-40-38(25-29)32-16-10-11-21-39(32)43-40/h1-26H/i1D,2D,3D,12D,13D. The molecule has 0 saturated heterocycles. The lowest BCUT2D eigenvalue weighted by Crippen LogP contribution is -1.92. The summed E-state index contributed by atoms with van der Waals surface area (Å²) in [6.07, 6.45) is 0. The van der Waals surface area contributed by atoms with Crippen molar-refractivity contribution in [3.63, 3.8) is 0 Å². The highest BCUT2D eigenvalue weighted by Gasteiger charge is 2.18. The summed E-state index contributed by atoms with van der Waals surface area (Å²) in [4.78, 5) is 0. The summed E-state index contributed by atoms with van der Waals surface area (Å²) >= 11 is 0. The van der Waals surface area contributed by atoms with Gasteiger partial charge in [-0.15, -0.1) is 0 Å². The zero-order valence-corrected chi connectivity index (χ0v) is 23.0. The maximum Gasteiger partial charge on any atom is 0.135 e. The maximum absolute atomic E-state index is 8.87. The van der Waals surface area contributed by atoms with Crippen LogP contribution in [0, 0.1) is 0 Å². The third-order valence-corrected chi connectivity index (χ3v) is 8.52. The Kier molecular flexibility index (Phi) is 4.27. The van der Waals surface area contributed by atoms with Crippen molar-refractivity contribution in [2.45, 2.75) is 0 Å². The van der Waals surface area contributed by atoms with Crippen LogP contribution in [-0.2, 0) is 0 Å². The molecule has 1 aromatic heterocycles. The average Bonchev–Trinajstić information content (AvgIpc) is 3.50. The molecule has 0 amide bonds. The minimum Gasteiger partial charge on any atom is -0.456 e. The van der Waals surface area contributed by atoms with Gasteiger partial charge in [0.25, 0.3) is 0 Å². The Bertz CT molecular complexity index is 2710. The fourth-order valence-electron chi connectivity index (χ4n) is 6.67. The van der Waals surface area contributed by atoms with E-state index in [2.05, 4.69) is 66.7 Å². The molecule has 1 heterocycles. The van der Waals surface area contributed by atoms with Gasteiger partial charge in [-0.25, -0.2) is 0 Å². The van der Waals surface area contributed by atoms with E-state index in [1.807, 2.05) is 60.7 Å². The summed E-state index contributed by atoms with van der Waals surface area (Å²) in [5.41, 5.74) is 6.79. The van der Waals surface area contributed by atoms with Crippen LogP contribution in [-0.4, -0.2) is 0 Å². The summed E-state index contributed by atoms with van der Waals surface area (Å²) in [7, 11) is 0. The Balaban J connectivity index is 1.38. The summed E-state index contributed by atoms with van der Waals surface area (Å²) in [5, 5.41) is 7.91. The van der Waals surface area contributed by atoms with Crippen molar-refractivity contribution in [2.24, 2.45) is 0 Å². The largest absolute Gasteiger partial charge is 0.456 e. The van der Waals surface area contributed by atoms with Gasteiger partial charge < -0.3 is 4.42 Å². The van der Waals surface area contributed by atoms with Crippen LogP contribution >= 0.6 is 0 Å². The van der Waals surface area contributed by atoms with E-state index in [0.717, 1.165) is 76.5 Å². The van der Waals surface area contributed by atoms with Crippen LogP contribution in [0.4, 0.5) is 0 Å². The molecule has 43 heavy (non-hydrogen) atoms. The highest BCUT2D eigenvalue weighted by Crippen LogP contribution is 2.45. The second-order valence-electron chi connectivity index (χ2n) is 10.9. The molecule has 0 radical (unpaired) electrons. The minimum atomic E-state index is -0.399. The quantitative estimate of drug-likeness (QED) is 0.199. The highest BCUT2D eigenvalue weighted by molar-refractivity contribution is 6.22. The summed E-state index contributed by atoms with van der Waals surface area (Å²) < 4.78 is 49.0. The molecular formula is C42H26O. The van der Waals surface area contributed by atoms with Crippen LogP contribution < -0.4 is 0 Å². The van der Waals surface area contributed by atoms with E-state index in [1.54, 1.807) is 0 Å². The molecular weight excluding hydrogens is 520 g/mol. The average molecular weight is 552 g/mol. The maximum atomic E-state index is 8.87. The Morgan fingerprint density at radius 1 is 0.395 bits per heavy atom. The van der Waals surface area contributed by atoms with Crippen molar-refractivity contribution in [1.29, 1.82) is 0 Å². The molecule has 0 saturated carbocycles. The molecule has 0 bridgehead atoms. The zero-order chi connectivity index (χ0) is 32.7. The Morgan fingerprint density at radius 2 is 0.953 bits per heavy atom. The third kappa shape index (κ3) is 3.72. The molecule has 9 aromatic rings. The van der Waals surface area contributed by atoms with Crippen molar-refractivity contribution in [2.75, 3.05) is 0 Å². The molecule has 0 aliphatic carbocycles. The van der Waals surface area contributed by atoms with Gasteiger partial charge >= 0.3 is 0 Å². The Morgan fingerprint density at radius 3 is 1.65 bits per heavy atom. The van der Waals surface area contributed by atoms with Crippen LogP contribution in [0.5, 0.6) is 0 Å². The van der Waals surface area contributed by atoms with Crippen molar-refractivity contribution >= 4 is 54.3 Å². The number of hydrogen-bond acceptors (Lipinski definition) is 1. The van der Waals surface area contributed by atoms with Gasteiger partial charge in [0.05, 0.1) is 6.85 Å². The number of hydrogen-bond donors (Lipinski definition) is 0.